The van der Waals surface area contributed by atoms with Crippen molar-refractivity contribution < 1.29 is 19.1 Å². The number of carbonyl (C=O) groups is 3. The summed E-state index contributed by atoms with van der Waals surface area (Å²) in [5.41, 5.74) is 2.16. The van der Waals surface area contributed by atoms with Crippen LogP contribution in [0.25, 0.3) is 10.9 Å². The summed E-state index contributed by atoms with van der Waals surface area (Å²) in [6.45, 7) is 1.49. The molecule has 0 spiro atoms. The Morgan fingerprint density at radius 1 is 1.32 bits per heavy atom. The van der Waals surface area contributed by atoms with Crippen molar-refractivity contribution in [2.75, 3.05) is 6.61 Å². The Morgan fingerprint density at radius 3 is 2.82 bits per heavy atom. The summed E-state index contributed by atoms with van der Waals surface area (Å²) in [5, 5.41) is 3.34. The van der Waals surface area contributed by atoms with Crippen LogP contribution in [0.5, 0.6) is 0 Å². The van der Waals surface area contributed by atoms with Gasteiger partial charge in [-0.1, -0.05) is 18.2 Å². The number of H-pyrrole nitrogens is 1. The summed E-state index contributed by atoms with van der Waals surface area (Å²) in [7, 11) is 0. The topological polar surface area (TPSA) is 88.3 Å². The van der Waals surface area contributed by atoms with Gasteiger partial charge in [0.15, 0.2) is 6.61 Å². The van der Waals surface area contributed by atoms with E-state index >= 15 is 0 Å². The minimum absolute atomic E-state index is 0.166. The summed E-state index contributed by atoms with van der Waals surface area (Å²) >= 11 is 0. The Hall–Kier alpha value is -2.63. The molecule has 1 atom stereocenters. The van der Waals surface area contributed by atoms with Crippen LogP contribution in [-0.2, 0) is 14.3 Å². The number of para-hydroxylation sites is 1. The molecule has 2 aromatic rings. The van der Waals surface area contributed by atoms with Crippen molar-refractivity contribution in [3.8, 4) is 0 Å². The molecule has 0 unspecified atom stereocenters. The molecule has 3 rings (SSSR count). The average Bonchev–Trinajstić information content (AvgIpc) is 3.07. The summed E-state index contributed by atoms with van der Waals surface area (Å²) in [5.74, 6) is -0.981. The molecule has 0 saturated carbocycles. The van der Waals surface area contributed by atoms with Gasteiger partial charge in [-0.25, -0.2) is 4.79 Å². The van der Waals surface area contributed by atoms with Crippen LogP contribution in [0.1, 0.15) is 28.9 Å². The number of aromatic amines is 1. The van der Waals surface area contributed by atoms with Crippen LogP contribution < -0.4 is 5.32 Å². The molecule has 1 aliphatic rings. The van der Waals surface area contributed by atoms with Crippen molar-refractivity contribution in [1.82, 2.24) is 10.3 Å². The number of carbonyl (C=O) groups excluding carboxylic acids is 3. The predicted molar refractivity (Wildman–Crippen MR) is 79.5 cm³/mol. The molecular formula is C16H16N2O4. The highest BCUT2D eigenvalue weighted by Crippen LogP contribution is 2.22. The number of fused-ring (bicyclic) bond motifs is 1. The van der Waals surface area contributed by atoms with Crippen molar-refractivity contribution in [1.29, 1.82) is 0 Å². The zero-order valence-corrected chi connectivity index (χ0v) is 12.1. The lowest BCUT2D eigenvalue weighted by Crippen LogP contribution is -2.35. The second-order valence-electron chi connectivity index (χ2n) is 5.36. The first kappa shape index (κ1) is 14.3. The molecule has 1 aliphatic heterocycles. The van der Waals surface area contributed by atoms with Crippen LogP contribution in [0.3, 0.4) is 0 Å². The van der Waals surface area contributed by atoms with Crippen LogP contribution in [0.15, 0.2) is 24.3 Å². The zero-order valence-electron chi connectivity index (χ0n) is 12.1. The smallest absolute Gasteiger partial charge is 0.329 e. The molecule has 1 saturated heterocycles. The zero-order chi connectivity index (χ0) is 15.7. The predicted octanol–water partition coefficient (Wildman–Crippen LogP) is 1.48. The van der Waals surface area contributed by atoms with Gasteiger partial charge in [0.2, 0.25) is 11.7 Å². The molecule has 114 valence electrons. The molecule has 1 amide bonds. The van der Waals surface area contributed by atoms with Crippen molar-refractivity contribution in [2.24, 2.45) is 0 Å². The van der Waals surface area contributed by atoms with E-state index in [0.717, 1.165) is 16.6 Å². The molecule has 0 radical (unpaired) electrons. The lowest BCUT2D eigenvalue weighted by Gasteiger charge is -2.09. The quantitative estimate of drug-likeness (QED) is 0.661. The van der Waals surface area contributed by atoms with Gasteiger partial charge in [0.05, 0.1) is 0 Å². The Labute approximate surface area is 126 Å². The van der Waals surface area contributed by atoms with E-state index < -0.39 is 12.0 Å². The maximum Gasteiger partial charge on any atom is 0.329 e. The number of ketones is 1. The Balaban J connectivity index is 1.70. The number of rotatable bonds is 4. The largest absolute Gasteiger partial charge is 0.456 e. The third-order valence-corrected chi connectivity index (χ3v) is 3.80. The normalized spacial score (nSPS) is 17.5. The highest BCUT2D eigenvalue weighted by atomic mass is 16.5. The minimum atomic E-state index is -0.635. The molecule has 6 heteroatoms. The van der Waals surface area contributed by atoms with E-state index in [-0.39, 0.29) is 18.3 Å². The minimum Gasteiger partial charge on any atom is -0.456 e. The first-order valence-corrected chi connectivity index (χ1v) is 7.13. The van der Waals surface area contributed by atoms with E-state index in [0.29, 0.717) is 18.4 Å². The van der Waals surface area contributed by atoms with E-state index in [2.05, 4.69) is 10.3 Å². The fraction of sp³-hybridized carbons (Fsp3) is 0.312. The second-order valence-corrected chi connectivity index (χ2v) is 5.36. The fourth-order valence-corrected chi connectivity index (χ4v) is 2.74. The summed E-state index contributed by atoms with van der Waals surface area (Å²) < 4.78 is 5.05. The van der Waals surface area contributed by atoms with Gasteiger partial charge in [-0.3, -0.25) is 9.59 Å². The first-order valence-electron chi connectivity index (χ1n) is 7.13. The van der Waals surface area contributed by atoms with Crippen molar-refractivity contribution >= 4 is 28.6 Å². The number of esters is 1. The number of benzene rings is 1. The summed E-state index contributed by atoms with van der Waals surface area (Å²) in [4.78, 5) is 38.4. The third-order valence-electron chi connectivity index (χ3n) is 3.80. The van der Waals surface area contributed by atoms with Gasteiger partial charge in [0, 0.05) is 28.6 Å². The molecular weight excluding hydrogens is 284 g/mol. The van der Waals surface area contributed by atoms with Gasteiger partial charge in [-0.05, 0) is 19.4 Å². The molecule has 0 bridgehead atoms. The Kier molecular flexibility index (Phi) is 3.66. The van der Waals surface area contributed by atoms with Crippen LogP contribution in [0.4, 0.5) is 0 Å². The third kappa shape index (κ3) is 2.59. The fourth-order valence-electron chi connectivity index (χ4n) is 2.74. The Bertz CT molecular complexity index is 763. The summed E-state index contributed by atoms with van der Waals surface area (Å²) in [6, 6.07) is 6.84. The SMILES string of the molecule is Cc1[nH]c2ccccc2c1C(=O)COC(=O)[C@H]1CCC(=O)N1. The van der Waals surface area contributed by atoms with Gasteiger partial charge in [-0.2, -0.15) is 0 Å². The molecule has 1 fully saturated rings. The number of ether oxygens (including phenoxy) is 1. The van der Waals surface area contributed by atoms with Crippen LogP contribution in [-0.4, -0.2) is 35.3 Å². The second kappa shape index (κ2) is 5.63. The van der Waals surface area contributed by atoms with Gasteiger partial charge in [-0.15, -0.1) is 0 Å². The van der Waals surface area contributed by atoms with Crippen LogP contribution in [0.2, 0.25) is 0 Å². The highest BCUT2D eigenvalue weighted by molar-refractivity contribution is 6.10. The summed E-state index contributed by atoms with van der Waals surface area (Å²) in [6.07, 6.45) is 0.729. The maximum absolute atomic E-state index is 12.3. The Morgan fingerprint density at radius 2 is 2.09 bits per heavy atom. The maximum atomic E-state index is 12.3. The molecule has 2 N–H and O–H groups in total. The van der Waals surface area contributed by atoms with E-state index in [1.165, 1.54) is 0 Å². The van der Waals surface area contributed by atoms with E-state index in [1.54, 1.807) is 0 Å². The van der Waals surface area contributed by atoms with Gasteiger partial charge < -0.3 is 15.0 Å². The first-order chi connectivity index (χ1) is 10.6. The van der Waals surface area contributed by atoms with E-state index in [4.69, 9.17) is 4.74 Å². The molecule has 0 aliphatic carbocycles. The monoisotopic (exact) mass is 300 g/mol. The van der Waals surface area contributed by atoms with Crippen LogP contribution >= 0.6 is 0 Å². The number of amides is 1. The van der Waals surface area contributed by atoms with E-state index in [9.17, 15) is 14.4 Å². The van der Waals surface area contributed by atoms with Gasteiger partial charge >= 0.3 is 5.97 Å². The standard InChI is InChI=1S/C16H16N2O4/c1-9-15(10-4-2-3-5-11(10)17-9)13(19)8-22-16(21)12-6-7-14(20)18-12/h2-5,12,17H,6-8H2,1H3,(H,18,20)/t12-/m1/s1. The number of aromatic nitrogens is 1. The molecule has 1 aromatic carbocycles. The molecule has 1 aromatic heterocycles. The van der Waals surface area contributed by atoms with Gasteiger partial charge in [0.1, 0.15) is 6.04 Å². The number of nitrogens with one attached hydrogen (secondary N) is 2. The molecule has 6 nitrogen and oxygen atoms in total. The lowest BCUT2D eigenvalue weighted by molar-refractivity contribution is -0.145. The highest BCUT2D eigenvalue weighted by Gasteiger charge is 2.29. The lowest BCUT2D eigenvalue weighted by atomic mass is 10.1. The number of hydrogen-bond donors (Lipinski definition) is 2. The van der Waals surface area contributed by atoms with Crippen molar-refractivity contribution in [3.05, 3.63) is 35.5 Å². The number of Topliss-reactive ketones (excluding diaryl/α,β-unsaturated/α-hetero) is 1. The van der Waals surface area contributed by atoms with Crippen molar-refractivity contribution in [2.45, 2.75) is 25.8 Å². The molecule has 2 heterocycles. The van der Waals surface area contributed by atoms with E-state index in [1.807, 2.05) is 31.2 Å². The average molecular weight is 300 g/mol. The number of aryl methyl sites for hydroxylation is 1. The van der Waals surface area contributed by atoms with Gasteiger partial charge in [0.25, 0.3) is 0 Å². The van der Waals surface area contributed by atoms with Crippen molar-refractivity contribution in [3.63, 3.8) is 0 Å². The number of hydrogen-bond acceptors (Lipinski definition) is 4. The van der Waals surface area contributed by atoms with Crippen LogP contribution in [0, 0.1) is 6.92 Å². The molecule has 22 heavy (non-hydrogen) atoms.